The van der Waals surface area contributed by atoms with Crippen molar-refractivity contribution in [3.63, 3.8) is 0 Å². The monoisotopic (exact) mass is 1560 g/mol. The Morgan fingerprint density at radius 1 is 0.402 bits per heavy atom. The van der Waals surface area contributed by atoms with E-state index in [2.05, 4.69) is 31.9 Å². The summed E-state index contributed by atoms with van der Waals surface area (Å²) < 4.78 is 41.2. The van der Waals surface area contributed by atoms with E-state index in [0.717, 1.165) is 11.6 Å². The molecule has 9 amide bonds. The van der Waals surface area contributed by atoms with E-state index < -0.39 is 221 Å². The predicted octanol–water partition coefficient (Wildman–Crippen LogP) is -6.93. The molecule has 0 aromatic rings. The van der Waals surface area contributed by atoms with Gasteiger partial charge in [0.15, 0.2) is 6.10 Å². The molecule has 10 unspecified atom stereocenters. The predicted molar refractivity (Wildman–Crippen MR) is 377 cm³/mol. The Morgan fingerprint density at radius 2 is 0.664 bits per heavy atom. The van der Waals surface area contributed by atoms with Crippen molar-refractivity contribution in [2.24, 2.45) is 23.7 Å². The zero-order valence-corrected chi connectivity index (χ0v) is 63.0. The van der Waals surface area contributed by atoms with E-state index in [-0.39, 0.29) is 156 Å². The molecule has 20 N–H and O–H groups in total. The molecule has 4 rings (SSSR count). The number of carbonyl (C=O) groups excluding carboxylic acids is 9. The number of hydrogen-bond acceptors (Lipinski definition) is 28. The molecule has 4 saturated carbocycles. The lowest BCUT2D eigenvalue weighted by Crippen LogP contribution is -2.61. The molecule has 0 aromatic heterocycles. The van der Waals surface area contributed by atoms with Crippen molar-refractivity contribution < 1.29 is 142 Å². The van der Waals surface area contributed by atoms with Gasteiger partial charge in [0.05, 0.1) is 79.6 Å². The highest BCUT2D eigenvalue weighted by Gasteiger charge is 2.48. The fourth-order valence-electron chi connectivity index (χ4n) is 13.9. The highest BCUT2D eigenvalue weighted by Crippen LogP contribution is 2.37. The van der Waals surface area contributed by atoms with E-state index in [1.165, 1.54) is 37.5 Å². The number of aliphatic hydroxyl groups excluding tert-OH is 13. The van der Waals surface area contributed by atoms with Gasteiger partial charge in [-0.15, -0.1) is 0 Å². The third-order valence-corrected chi connectivity index (χ3v) is 20.5. The second-order valence-corrected chi connectivity index (χ2v) is 30.3. The Balaban J connectivity index is 1.53. The maximum absolute atomic E-state index is 14.3. The Kier molecular flexibility index (Phi) is 42.6. The van der Waals surface area contributed by atoms with Crippen LogP contribution in [0.25, 0.3) is 0 Å². The third kappa shape index (κ3) is 32.1. The minimum Gasteiger partial charge on any atom is -0.396 e. The van der Waals surface area contributed by atoms with Crippen LogP contribution in [-0.2, 0) is 71.2 Å². The largest absolute Gasteiger partial charge is 0.396 e. The Morgan fingerprint density at radius 3 is 0.916 bits per heavy atom. The van der Waals surface area contributed by atoms with Gasteiger partial charge in [-0.25, -0.2) is 0 Å². The fraction of sp³-hybridized carbons (Fsp3) is 0.868. The van der Waals surface area contributed by atoms with E-state index in [1.807, 2.05) is 0 Å². The van der Waals surface area contributed by atoms with E-state index in [1.54, 1.807) is 0 Å². The molecule has 38 nitrogen and oxygen atoms in total. The Labute approximate surface area is 623 Å². The number of ether oxygens (including phenoxy) is 4. The average molecular weight is 1560 g/mol. The van der Waals surface area contributed by atoms with Crippen molar-refractivity contribution in [1.82, 2.24) is 46.6 Å². The van der Waals surface area contributed by atoms with Crippen molar-refractivity contribution in [3.8, 4) is 0 Å². The average Bonchev–Trinajstić information content (AvgIpc) is 0.828. The zero-order chi connectivity index (χ0) is 79.7. The summed E-state index contributed by atoms with van der Waals surface area (Å²) >= 11 is 0. The fourth-order valence-corrected chi connectivity index (χ4v) is 14.3. The maximum atomic E-state index is 14.3. The maximum Gasteiger partial charge on any atom is 0.325 e. The molecule has 0 radical (unpaired) electrons. The van der Waals surface area contributed by atoms with Crippen molar-refractivity contribution >= 4 is 60.8 Å². The van der Waals surface area contributed by atoms with Crippen LogP contribution in [0.3, 0.4) is 0 Å². The smallest absolute Gasteiger partial charge is 0.325 e. The molecule has 0 bridgehead atoms. The number of hydrogen-bond donors (Lipinski definition) is 20. The summed E-state index contributed by atoms with van der Waals surface area (Å²) in [6.45, 7) is 1.42. The van der Waals surface area contributed by atoms with Crippen LogP contribution in [0.4, 0.5) is 0 Å². The van der Waals surface area contributed by atoms with Crippen LogP contribution in [0.5, 0.6) is 0 Å². The third-order valence-electron chi connectivity index (χ3n) is 19.9. The molecule has 39 heteroatoms. The van der Waals surface area contributed by atoms with Crippen molar-refractivity contribution in [2.45, 2.75) is 234 Å². The van der Waals surface area contributed by atoms with Crippen LogP contribution >= 0.6 is 7.60 Å². The topological polar surface area (TPSA) is 582 Å². The summed E-state index contributed by atoms with van der Waals surface area (Å²) in [5.74, 6) is -7.77. The molecule has 22 atom stereocenters. The molecule has 0 spiro atoms. The number of carbonyl (C=O) groups is 9. The molecule has 4 fully saturated rings. The summed E-state index contributed by atoms with van der Waals surface area (Å²) in [5, 5.41) is 152. The zero-order valence-electron chi connectivity index (χ0n) is 62.1. The summed E-state index contributed by atoms with van der Waals surface area (Å²) in [7, 11) is -4.27. The van der Waals surface area contributed by atoms with Crippen LogP contribution in [0, 0.1) is 23.7 Å². The van der Waals surface area contributed by atoms with Crippen LogP contribution in [0.15, 0.2) is 0 Å². The van der Waals surface area contributed by atoms with Gasteiger partial charge in [0, 0.05) is 189 Å². The molecule has 0 aromatic carbocycles. The molecular weight excluding hydrogens is 1440 g/mol. The summed E-state index contributed by atoms with van der Waals surface area (Å²) in [6, 6.07) is -3.97. The molecule has 107 heavy (non-hydrogen) atoms. The lowest BCUT2D eigenvalue weighted by atomic mass is 9.79. The Bertz CT molecular complexity index is 2630. The van der Waals surface area contributed by atoms with Crippen LogP contribution < -0.4 is 31.9 Å². The normalized spacial score (nSPS) is 29.5. The lowest BCUT2D eigenvalue weighted by molar-refractivity contribution is -0.144. The molecule has 4 aliphatic rings. The van der Waals surface area contributed by atoms with E-state index in [4.69, 9.17) is 23.5 Å². The second-order valence-electron chi connectivity index (χ2n) is 28.4. The molecule has 0 aliphatic heterocycles. The van der Waals surface area contributed by atoms with E-state index >= 15 is 0 Å². The van der Waals surface area contributed by atoms with Crippen LogP contribution in [-0.4, -0.2) is 361 Å². The minimum atomic E-state index is -4.27. The molecular formula is C68H122N9O29P. The van der Waals surface area contributed by atoms with Crippen molar-refractivity contribution in [2.75, 3.05) is 118 Å². The highest BCUT2D eigenvalue weighted by molar-refractivity contribution is 7.51. The number of nitrogens with one attached hydrogen (secondary N) is 6. The lowest BCUT2D eigenvalue weighted by Gasteiger charge is -2.42. The number of amides is 9. The standard InChI is InChI=1S/C68H122N9O29P/c1-39(82)71-56-48(30-43(34-78)60(91)64(56)95)102-26-10-6-14-52(87)69-18-20-75(54(89)16-8-12-28-104-50-32-45(36-80)62(93)66(97)58(50)73-41(3)84)22-24-77(68(99)47(86)38-106-107(5,100)101)25-23-76(55(90)17-9-13-29-105-51-33-46(37-81)63(94)67(98)59(51)74-42(4)85)21-19-70-53(88)15-7-11-27-103-49-31-44(35-79)61(92)65(96)57(49)72-40(2)83/h43-51,56-67,78-81,86,91-98H,6-38H2,1-5H3,(H,69,87)(H,70,88)(H,71,82)(H,72,83)(H,73,84)(H,74,85)(H,100,101)/t43?,44?,45?,46?,47?,48-,49-,50-,51-,56?,57?,58?,59?,60+,61+,62+,63+,64-,65-,66-,67-/m1/s1. The van der Waals surface area contributed by atoms with Crippen molar-refractivity contribution in [3.05, 3.63) is 0 Å². The molecule has 4 aliphatic carbocycles. The van der Waals surface area contributed by atoms with E-state index in [0.29, 0.717) is 25.7 Å². The quantitative estimate of drug-likeness (QED) is 0.0199. The van der Waals surface area contributed by atoms with Gasteiger partial charge in [0.1, 0.15) is 24.4 Å². The number of unbranched alkanes of at least 4 members (excludes halogenated alkanes) is 4. The van der Waals surface area contributed by atoms with Gasteiger partial charge >= 0.3 is 7.60 Å². The summed E-state index contributed by atoms with van der Waals surface area (Å²) in [4.78, 5) is 131. The Hall–Kier alpha value is -5.30. The van der Waals surface area contributed by atoms with Crippen LogP contribution in [0.1, 0.15) is 130 Å². The van der Waals surface area contributed by atoms with Gasteiger partial charge < -0.3 is 141 Å². The van der Waals surface area contributed by atoms with Gasteiger partial charge in [0.25, 0.3) is 5.91 Å². The van der Waals surface area contributed by atoms with Crippen molar-refractivity contribution in [1.29, 1.82) is 0 Å². The first kappa shape index (κ1) is 94.1. The van der Waals surface area contributed by atoms with Gasteiger partial charge in [-0.2, -0.15) is 0 Å². The summed E-state index contributed by atoms with van der Waals surface area (Å²) in [5.41, 5.74) is 0. The molecule has 0 heterocycles. The van der Waals surface area contributed by atoms with Gasteiger partial charge in [0.2, 0.25) is 47.3 Å². The molecule has 618 valence electrons. The van der Waals surface area contributed by atoms with Gasteiger partial charge in [-0.3, -0.25) is 47.7 Å². The minimum absolute atomic E-state index is 0.00501. The highest BCUT2D eigenvalue weighted by atomic mass is 31.2. The van der Waals surface area contributed by atoms with Crippen LogP contribution in [0.2, 0.25) is 0 Å². The summed E-state index contributed by atoms with van der Waals surface area (Å²) in [6.07, 6.45) is -14.1. The number of aliphatic hydroxyl groups is 13. The number of nitrogens with zero attached hydrogens (tertiary/aromatic N) is 3. The van der Waals surface area contributed by atoms with E-state index in [9.17, 15) is 119 Å². The first-order valence-electron chi connectivity index (χ1n) is 37.1. The second kappa shape index (κ2) is 48.5. The van der Waals surface area contributed by atoms with Gasteiger partial charge in [-0.1, -0.05) is 0 Å². The van der Waals surface area contributed by atoms with Gasteiger partial charge in [-0.05, 0) is 77.0 Å². The first-order chi connectivity index (χ1) is 50.7. The number of rotatable bonds is 48. The SMILES string of the molecule is CC(=O)NC1[C@@H](O)[C@@H](O)C(CO)C[C@H]1OCCCCC(=O)NCCN(CCN(CCN(CCNC(=O)CCCCO[C@@H]1CC(CO)[C@H](O)[C@H](O)C1NC(C)=O)C(=O)CCCCO[C@@H]1CC(CO)[C@H](O)[C@H](O)C1NC(C)=O)C(=O)C(O)COP(C)(=O)O)C(=O)CCCCO[C@@H]1CC(CO)[C@H](O)[C@H](O)C1NC(C)=O. The first-order valence-corrected chi connectivity index (χ1v) is 39.1. The molecule has 0 saturated heterocycles.